The lowest BCUT2D eigenvalue weighted by Crippen LogP contribution is -2.15. The van der Waals surface area contributed by atoms with Crippen molar-refractivity contribution in [2.45, 2.75) is 6.42 Å². The Morgan fingerprint density at radius 3 is 3.06 bits per heavy atom. The lowest BCUT2D eigenvalue weighted by molar-refractivity contribution is 0.0697. The maximum absolute atomic E-state index is 10.8. The molecule has 1 aliphatic rings. The maximum atomic E-state index is 10.8. The molecule has 1 aromatic rings. The molecule has 0 bridgehead atoms. The number of anilines is 2. The van der Waals surface area contributed by atoms with Crippen LogP contribution in [0.3, 0.4) is 0 Å². The molecule has 1 heterocycles. The summed E-state index contributed by atoms with van der Waals surface area (Å²) < 4.78 is 5.27. The van der Waals surface area contributed by atoms with Crippen molar-refractivity contribution in [1.29, 1.82) is 0 Å². The van der Waals surface area contributed by atoms with Crippen LogP contribution in [0.4, 0.5) is 11.4 Å². The van der Waals surface area contributed by atoms with E-state index < -0.39 is 5.97 Å². The second-order valence-electron chi connectivity index (χ2n) is 4.22. The third-order valence-electron chi connectivity index (χ3n) is 2.91. The van der Waals surface area contributed by atoms with E-state index >= 15 is 0 Å². The van der Waals surface area contributed by atoms with Crippen LogP contribution in [0.15, 0.2) is 18.2 Å². The van der Waals surface area contributed by atoms with E-state index in [-0.39, 0.29) is 5.56 Å². The summed E-state index contributed by atoms with van der Waals surface area (Å²) in [6, 6.07) is 4.67. The molecular weight excluding hydrogens is 220 g/mol. The molecule has 17 heavy (non-hydrogen) atoms. The molecule has 4 N–H and O–H groups in total. The average Bonchev–Trinajstić information content (AvgIpc) is 2.80. The Labute approximate surface area is 99.6 Å². The van der Waals surface area contributed by atoms with Crippen LogP contribution in [-0.4, -0.2) is 30.8 Å². The number of aromatic carboxylic acids is 1. The number of carboxylic acids is 1. The topological polar surface area (TPSA) is 84.6 Å². The fourth-order valence-electron chi connectivity index (χ4n) is 1.84. The third-order valence-corrected chi connectivity index (χ3v) is 2.91. The summed E-state index contributed by atoms with van der Waals surface area (Å²) in [6.45, 7) is 2.32. The predicted octanol–water partition coefficient (Wildman–Crippen LogP) is 1.42. The quantitative estimate of drug-likeness (QED) is 0.688. The van der Waals surface area contributed by atoms with Crippen molar-refractivity contribution in [2.24, 2.45) is 5.92 Å². The number of ether oxygens (including phenoxy) is 1. The van der Waals surface area contributed by atoms with Gasteiger partial charge in [-0.1, -0.05) is 0 Å². The van der Waals surface area contributed by atoms with Crippen molar-refractivity contribution in [1.82, 2.24) is 0 Å². The van der Waals surface area contributed by atoms with E-state index in [1.807, 2.05) is 0 Å². The molecular formula is C12H16N2O3. The molecule has 5 heteroatoms. The summed E-state index contributed by atoms with van der Waals surface area (Å²) >= 11 is 0. The van der Waals surface area contributed by atoms with E-state index in [4.69, 9.17) is 15.6 Å². The van der Waals surface area contributed by atoms with Crippen molar-refractivity contribution in [2.75, 3.05) is 30.8 Å². The summed E-state index contributed by atoms with van der Waals surface area (Å²) in [7, 11) is 0. The Bertz CT molecular complexity index is 414. The molecule has 0 spiro atoms. The number of hydrogen-bond acceptors (Lipinski definition) is 4. The maximum Gasteiger partial charge on any atom is 0.335 e. The van der Waals surface area contributed by atoms with Crippen LogP contribution in [0, 0.1) is 5.92 Å². The number of hydrogen-bond donors (Lipinski definition) is 3. The molecule has 2 rings (SSSR count). The summed E-state index contributed by atoms with van der Waals surface area (Å²) in [4.78, 5) is 10.8. The zero-order valence-electron chi connectivity index (χ0n) is 9.48. The minimum Gasteiger partial charge on any atom is -0.478 e. The van der Waals surface area contributed by atoms with Gasteiger partial charge in [-0.3, -0.25) is 0 Å². The summed E-state index contributed by atoms with van der Waals surface area (Å²) in [6.07, 6.45) is 1.03. The van der Waals surface area contributed by atoms with Gasteiger partial charge < -0.3 is 20.9 Å². The molecule has 0 radical (unpaired) electrons. The highest BCUT2D eigenvalue weighted by Gasteiger charge is 2.15. The number of carbonyl (C=O) groups is 1. The van der Waals surface area contributed by atoms with Gasteiger partial charge in [0.2, 0.25) is 0 Å². The number of carboxylic acid groups (broad SMARTS) is 1. The van der Waals surface area contributed by atoms with Gasteiger partial charge in [0.05, 0.1) is 23.5 Å². The Kier molecular flexibility index (Phi) is 3.49. The van der Waals surface area contributed by atoms with Gasteiger partial charge in [-0.2, -0.15) is 0 Å². The molecule has 0 aromatic heterocycles. The number of nitrogen functional groups attached to an aromatic ring is 1. The zero-order chi connectivity index (χ0) is 12.3. The molecule has 1 aromatic carbocycles. The average molecular weight is 236 g/mol. The Balaban J connectivity index is 2.03. The van der Waals surface area contributed by atoms with E-state index in [0.717, 1.165) is 26.2 Å². The highest BCUT2D eigenvalue weighted by Crippen LogP contribution is 2.21. The van der Waals surface area contributed by atoms with Gasteiger partial charge in [-0.15, -0.1) is 0 Å². The monoisotopic (exact) mass is 236 g/mol. The number of rotatable bonds is 4. The first-order valence-corrected chi connectivity index (χ1v) is 5.61. The van der Waals surface area contributed by atoms with Crippen LogP contribution in [-0.2, 0) is 4.74 Å². The lowest BCUT2D eigenvalue weighted by Gasteiger charge is -2.13. The van der Waals surface area contributed by atoms with Crippen LogP contribution in [0.25, 0.3) is 0 Å². The van der Waals surface area contributed by atoms with Gasteiger partial charge in [-0.25, -0.2) is 4.79 Å². The van der Waals surface area contributed by atoms with Crippen LogP contribution >= 0.6 is 0 Å². The highest BCUT2D eigenvalue weighted by molar-refractivity contribution is 5.90. The van der Waals surface area contributed by atoms with E-state index in [9.17, 15) is 4.79 Å². The van der Waals surface area contributed by atoms with Crippen molar-refractivity contribution in [3.05, 3.63) is 23.8 Å². The molecule has 1 aliphatic heterocycles. The highest BCUT2D eigenvalue weighted by atomic mass is 16.5. The predicted molar refractivity (Wildman–Crippen MR) is 65.2 cm³/mol. The molecule has 0 amide bonds. The van der Waals surface area contributed by atoms with Gasteiger partial charge in [-0.05, 0) is 24.6 Å². The largest absolute Gasteiger partial charge is 0.478 e. The standard InChI is InChI=1S/C12H16N2O3/c13-10-2-1-9(12(15)16)5-11(10)14-6-8-3-4-17-7-8/h1-2,5,8,14H,3-4,6-7,13H2,(H,15,16)/t8-/m0/s1. The molecule has 0 unspecified atom stereocenters. The fourth-order valence-corrected chi connectivity index (χ4v) is 1.84. The lowest BCUT2D eigenvalue weighted by atomic mass is 10.1. The first kappa shape index (κ1) is 11.7. The second kappa shape index (κ2) is 5.05. The molecule has 1 saturated heterocycles. The Morgan fingerprint density at radius 1 is 1.59 bits per heavy atom. The second-order valence-corrected chi connectivity index (χ2v) is 4.22. The van der Waals surface area contributed by atoms with Gasteiger partial charge in [0.1, 0.15) is 0 Å². The van der Waals surface area contributed by atoms with Crippen molar-refractivity contribution in [3.8, 4) is 0 Å². The molecule has 0 aliphatic carbocycles. The van der Waals surface area contributed by atoms with Crippen LogP contribution in [0.5, 0.6) is 0 Å². The molecule has 5 nitrogen and oxygen atoms in total. The SMILES string of the molecule is Nc1ccc(C(=O)O)cc1NC[C@@H]1CCOC1. The van der Waals surface area contributed by atoms with E-state index in [0.29, 0.717) is 17.3 Å². The summed E-state index contributed by atoms with van der Waals surface area (Å²) in [5, 5.41) is 12.1. The first-order chi connectivity index (χ1) is 8.16. The van der Waals surface area contributed by atoms with Crippen LogP contribution < -0.4 is 11.1 Å². The molecule has 0 saturated carbocycles. The van der Waals surface area contributed by atoms with E-state index in [1.165, 1.54) is 6.07 Å². The van der Waals surface area contributed by atoms with Crippen molar-refractivity contribution >= 4 is 17.3 Å². The fraction of sp³-hybridized carbons (Fsp3) is 0.417. The Hall–Kier alpha value is -1.75. The Morgan fingerprint density at radius 2 is 2.41 bits per heavy atom. The van der Waals surface area contributed by atoms with Gasteiger partial charge in [0.15, 0.2) is 0 Å². The van der Waals surface area contributed by atoms with E-state index in [1.54, 1.807) is 12.1 Å². The zero-order valence-corrected chi connectivity index (χ0v) is 9.48. The van der Waals surface area contributed by atoms with Crippen molar-refractivity contribution < 1.29 is 14.6 Å². The van der Waals surface area contributed by atoms with Gasteiger partial charge in [0.25, 0.3) is 0 Å². The summed E-state index contributed by atoms with van der Waals surface area (Å²) in [5.74, 6) is -0.472. The third kappa shape index (κ3) is 2.88. The minimum absolute atomic E-state index is 0.240. The molecule has 1 fully saturated rings. The van der Waals surface area contributed by atoms with Gasteiger partial charge >= 0.3 is 5.97 Å². The summed E-state index contributed by atoms with van der Waals surface area (Å²) in [5.41, 5.74) is 7.27. The van der Waals surface area contributed by atoms with Crippen LogP contribution in [0.1, 0.15) is 16.8 Å². The number of nitrogens with two attached hydrogens (primary N) is 1. The molecule has 92 valence electrons. The smallest absolute Gasteiger partial charge is 0.335 e. The van der Waals surface area contributed by atoms with E-state index in [2.05, 4.69) is 5.32 Å². The van der Waals surface area contributed by atoms with Crippen molar-refractivity contribution in [3.63, 3.8) is 0 Å². The number of nitrogens with one attached hydrogen (secondary N) is 1. The van der Waals surface area contributed by atoms with Gasteiger partial charge in [0, 0.05) is 19.1 Å². The normalized spacial score (nSPS) is 19.2. The minimum atomic E-state index is -0.947. The van der Waals surface area contributed by atoms with Crippen LogP contribution in [0.2, 0.25) is 0 Å². The number of benzene rings is 1. The first-order valence-electron chi connectivity index (χ1n) is 5.61. The molecule has 1 atom stereocenters.